The number of carbonyl (C=O) groups excluding carboxylic acids is 1. The van der Waals surface area contributed by atoms with Gasteiger partial charge in [-0.1, -0.05) is 0 Å². The topological polar surface area (TPSA) is 45.2 Å². The van der Waals surface area contributed by atoms with E-state index in [9.17, 15) is 4.79 Å². The lowest BCUT2D eigenvalue weighted by atomic mass is 10.1. The van der Waals surface area contributed by atoms with Gasteiger partial charge < -0.3 is 5.32 Å². The molecule has 0 aliphatic carbocycles. The summed E-state index contributed by atoms with van der Waals surface area (Å²) in [5.41, 5.74) is 2.10. The van der Waals surface area contributed by atoms with E-state index >= 15 is 0 Å². The van der Waals surface area contributed by atoms with Crippen molar-refractivity contribution >= 4 is 29.0 Å². The Morgan fingerprint density at radius 1 is 1.52 bits per heavy atom. The minimum atomic E-state index is -0.0393. The van der Waals surface area contributed by atoms with Crippen LogP contribution in [0.15, 0.2) is 34.8 Å². The van der Waals surface area contributed by atoms with Crippen LogP contribution in [-0.2, 0) is 13.0 Å². The minimum absolute atomic E-state index is 0.0393. The predicted octanol–water partition coefficient (Wildman–Crippen LogP) is 3.04. The Bertz CT molecular complexity index is 686. The molecule has 2 aromatic rings. The zero-order valence-corrected chi connectivity index (χ0v) is 15.0. The Hall–Kier alpha value is -1.37. The van der Waals surface area contributed by atoms with E-state index in [4.69, 9.17) is 0 Å². The third-order valence-electron chi connectivity index (χ3n) is 4.23. The monoisotopic (exact) mass is 347 g/mol. The van der Waals surface area contributed by atoms with Crippen molar-refractivity contribution < 1.29 is 4.79 Å². The normalized spacial score (nSPS) is 15.9. The lowest BCUT2D eigenvalue weighted by Crippen LogP contribution is -2.44. The SMILES string of the molecule is CSc1ncccc1C(=O)NCC(C)N1CCc2sccc2C1. The summed E-state index contributed by atoms with van der Waals surface area (Å²) in [6.07, 6.45) is 4.77. The predicted molar refractivity (Wildman–Crippen MR) is 96.2 cm³/mol. The average molecular weight is 348 g/mol. The molecule has 1 N–H and O–H groups in total. The number of hydrogen-bond donors (Lipinski definition) is 1. The molecule has 3 rings (SSSR count). The maximum Gasteiger partial charge on any atom is 0.254 e. The van der Waals surface area contributed by atoms with Crippen LogP contribution < -0.4 is 5.32 Å². The molecule has 0 aromatic carbocycles. The van der Waals surface area contributed by atoms with Crippen LogP contribution in [0.3, 0.4) is 0 Å². The third kappa shape index (κ3) is 3.76. The minimum Gasteiger partial charge on any atom is -0.350 e. The van der Waals surface area contributed by atoms with Gasteiger partial charge in [0.1, 0.15) is 5.03 Å². The Morgan fingerprint density at radius 3 is 3.22 bits per heavy atom. The second-order valence-electron chi connectivity index (χ2n) is 5.71. The first-order chi connectivity index (χ1) is 11.2. The summed E-state index contributed by atoms with van der Waals surface area (Å²) in [6.45, 7) is 4.88. The molecule has 23 heavy (non-hydrogen) atoms. The van der Waals surface area contributed by atoms with Crippen LogP contribution >= 0.6 is 23.1 Å². The van der Waals surface area contributed by atoms with Crippen molar-refractivity contribution in [2.24, 2.45) is 0 Å². The highest BCUT2D eigenvalue weighted by atomic mass is 32.2. The van der Waals surface area contributed by atoms with Gasteiger partial charge in [0.25, 0.3) is 5.91 Å². The summed E-state index contributed by atoms with van der Waals surface area (Å²) >= 11 is 3.35. The van der Waals surface area contributed by atoms with Gasteiger partial charge >= 0.3 is 0 Å². The molecule has 1 unspecified atom stereocenters. The molecular formula is C17H21N3OS2. The number of nitrogens with zero attached hydrogens (tertiary/aromatic N) is 2. The first-order valence-electron chi connectivity index (χ1n) is 7.75. The summed E-state index contributed by atoms with van der Waals surface area (Å²) in [4.78, 5) is 20.6. The summed E-state index contributed by atoms with van der Waals surface area (Å²) < 4.78 is 0. The van der Waals surface area contributed by atoms with Crippen molar-refractivity contribution in [2.45, 2.75) is 31.0 Å². The van der Waals surface area contributed by atoms with E-state index in [0.29, 0.717) is 18.2 Å². The number of fused-ring (bicyclic) bond motifs is 1. The van der Waals surface area contributed by atoms with E-state index in [1.165, 1.54) is 22.2 Å². The van der Waals surface area contributed by atoms with Gasteiger partial charge in [-0.05, 0) is 48.7 Å². The second kappa shape index (κ2) is 7.47. The molecule has 6 heteroatoms. The van der Waals surface area contributed by atoms with Gasteiger partial charge in [0, 0.05) is 36.8 Å². The van der Waals surface area contributed by atoms with Crippen LogP contribution in [0.1, 0.15) is 27.7 Å². The van der Waals surface area contributed by atoms with Crippen molar-refractivity contribution in [2.75, 3.05) is 19.3 Å². The molecule has 2 aromatic heterocycles. The summed E-state index contributed by atoms with van der Waals surface area (Å²) in [5, 5.41) is 6.01. The summed E-state index contributed by atoms with van der Waals surface area (Å²) in [7, 11) is 0. The van der Waals surface area contributed by atoms with Crippen molar-refractivity contribution in [3.05, 3.63) is 45.8 Å². The quantitative estimate of drug-likeness (QED) is 0.845. The maximum atomic E-state index is 12.4. The molecule has 0 fully saturated rings. The number of amides is 1. The molecule has 1 atom stereocenters. The smallest absolute Gasteiger partial charge is 0.254 e. The molecule has 0 spiro atoms. The number of rotatable bonds is 5. The standard InChI is InChI=1S/C17H21N3OS2/c1-12(20-8-5-15-13(11-20)6-9-23-15)10-19-16(21)14-4-3-7-18-17(14)22-2/h3-4,6-7,9,12H,5,8,10-11H2,1-2H3,(H,19,21). The van der Waals surface area contributed by atoms with Crippen LogP contribution in [-0.4, -0.2) is 41.2 Å². The summed E-state index contributed by atoms with van der Waals surface area (Å²) in [5.74, 6) is -0.0393. The van der Waals surface area contributed by atoms with Crippen molar-refractivity contribution in [1.82, 2.24) is 15.2 Å². The molecule has 0 bridgehead atoms. The number of nitrogens with one attached hydrogen (secondary N) is 1. The number of thiophene rings is 1. The molecule has 1 aliphatic heterocycles. The van der Waals surface area contributed by atoms with E-state index in [1.54, 1.807) is 12.3 Å². The lowest BCUT2D eigenvalue weighted by Gasteiger charge is -2.32. The van der Waals surface area contributed by atoms with Crippen LogP contribution in [0.5, 0.6) is 0 Å². The Labute approximate surface area is 145 Å². The molecule has 3 heterocycles. The number of pyridine rings is 1. The number of hydrogen-bond acceptors (Lipinski definition) is 5. The molecule has 0 saturated heterocycles. The second-order valence-corrected chi connectivity index (χ2v) is 7.50. The molecule has 4 nitrogen and oxygen atoms in total. The van der Waals surface area contributed by atoms with Crippen LogP contribution in [0.2, 0.25) is 0 Å². The van der Waals surface area contributed by atoms with Gasteiger partial charge in [0.15, 0.2) is 0 Å². The van der Waals surface area contributed by atoms with Crippen LogP contribution in [0, 0.1) is 0 Å². The fraction of sp³-hybridized carbons (Fsp3) is 0.412. The highest BCUT2D eigenvalue weighted by Gasteiger charge is 2.22. The zero-order valence-electron chi connectivity index (χ0n) is 13.4. The molecule has 0 radical (unpaired) electrons. The molecule has 1 aliphatic rings. The number of aromatic nitrogens is 1. The Balaban J connectivity index is 1.57. The van der Waals surface area contributed by atoms with Gasteiger partial charge in [-0.15, -0.1) is 23.1 Å². The van der Waals surface area contributed by atoms with Crippen LogP contribution in [0.4, 0.5) is 0 Å². The van der Waals surface area contributed by atoms with E-state index in [2.05, 4.69) is 33.6 Å². The van der Waals surface area contributed by atoms with Gasteiger partial charge in [-0.2, -0.15) is 0 Å². The Kier molecular flexibility index (Phi) is 5.35. The average Bonchev–Trinajstić information content (AvgIpc) is 3.06. The maximum absolute atomic E-state index is 12.4. The first-order valence-corrected chi connectivity index (χ1v) is 9.86. The molecular weight excluding hydrogens is 326 g/mol. The largest absolute Gasteiger partial charge is 0.350 e. The lowest BCUT2D eigenvalue weighted by molar-refractivity contribution is 0.0929. The number of thioether (sulfide) groups is 1. The highest BCUT2D eigenvalue weighted by molar-refractivity contribution is 7.98. The van der Waals surface area contributed by atoms with Gasteiger partial charge in [-0.25, -0.2) is 4.98 Å². The van der Waals surface area contributed by atoms with Crippen molar-refractivity contribution in [3.8, 4) is 0 Å². The fourth-order valence-electron chi connectivity index (χ4n) is 2.84. The molecule has 122 valence electrons. The molecule has 1 amide bonds. The Morgan fingerprint density at radius 2 is 2.39 bits per heavy atom. The van der Waals surface area contributed by atoms with Gasteiger partial charge in [0.2, 0.25) is 0 Å². The first kappa shape index (κ1) is 16.5. The van der Waals surface area contributed by atoms with E-state index in [1.807, 2.05) is 23.7 Å². The fourth-order valence-corrected chi connectivity index (χ4v) is 4.27. The van der Waals surface area contributed by atoms with E-state index in [0.717, 1.165) is 24.5 Å². The van der Waals surface area contributed by atoms with Gasteiger partial charge in [-0.3, -0.25) is 9.69 Å². The third-order valence-corrected chi connectivity index (χ3v) is 5.96. The number of carbonyl (C=O) groups is 1. The van der Waals surface area contributed by atoms with E-state index < -0.39 is 0 Å². The highest BCUT2D eigenvalue weighted by Crippen LogP contribution is 2.25. The van der Waals surface area contributed by atoms with Crippen molar-refractivity contribution in [3.63, 3.8) is 0 Å². The molecule has 0 saturated carbocycles. The summed E-state index contributed by atoms with van der Waals surface area (Å²) in [6, 6.07) is 6.18. The van der Waals surface area contributed by atoms with E-state index in [-0.39, 0.29) is 5.91 Å². The zero-order chi connectivity index (χ0) is 16.2. The van der Waals surface area contributed by atoms with Crippen molar-refractivity contribution in [1.29, 1.82) is 0 Å². The van der Waals surface area contributed by atoms with Gasteiger partial charge in [0.05, 0.1) is 5.56 Å². The van der Waals surface area contributed by atoms with Crippen LogP contribution in [0.25, 0.3) is 0 Å².